The number of hydrogen-bond acceptors (Lipinski definition) is 3. The van der Waals surface area contributed by atoms with Gasteiger partial charge in [-0.3, -0.25) is 14.4 Å². The zero-order valence-corrected chi connectivity index (χ0v) is 12.6. The Labute approximate surface area is 123 Å². The summed E-state index contributed by atoms with van der Waals surface area (Å²) in [4.78, 5) is 35.8. The minimum Gasteiger partial charge on any atom is -0.480 e. The zero-order chi connectivity index (χ0) is 16.2. The van der Waals surface area contributed by atoms with E-state index in [1.807, 2.05) is 0 Å². The first kappa shape index (κ1) is 16.7. The van der Waals surface area contributed by atoms with Crippen LogP contribution in [0, 0.1) is 0 Å². The average Bonchev–Trinajstić information content (AvgIpc) is 2.33. The molecule has 0 saturated heterocycles. The molecule has 0 heterocycles. The van der Waals surface area contributed by atoms with Gasteiger partial charge in [0.2, 0.25) is 5.91 Å². The molecule has 0 atom stereocenters. The smallest absolute Gasteiger partial charge is 0.323 e. The Morgan fingerprint density at radius 1 is 1.24 bits per heavy atom. The van der Waals surface area contributed by atoms with E-state index in [0.717, 1.165) is 0 Å². The number of carboxylic acid groups (broad SMARTS) is 1. The van der Waals surface area contributed by atoms with Crippen LogP contribution in [0.1, 0.15) is 38.1 Å². The maximum absolute atomic E-state index is 12.5. The summed E-state index contributed by atoms with van der Waals surface area (Å²) in [6.45, 7) is 6.30. The Kier molecular flexibility index (Phi) is 5.07. The standard InChI is InChI=1S/C15H20N2O4/c1-10(18)16-12-7-5-6-11(8-12)14(21)17(9-13(19)20)15(2,3)4/h5-8H,9H2,1-4H3,(H,16,18)(H,19,20). The van der Waals surface area contributed by atoms with Crippen molar-refractivity contribution in [2.45, 2.75) is 33.2 Å². The van der Waals surface area contributed by atoms with Crippen molar-refractivity contribution < 1.29 is 19.5 Å². The van der Waals surface area contributed by atoms with Crippen LogP contribution in [0.4, 0.5) is 5.69 Å². The maximum atomic E-state index is 12.5. The van der Waals surface area contributed by atoms with Crippen LogP contribution >= 0.6 is 0 Å². The third kappa shape index (κ3) is 4.91. The van der Waals surface area contributed by atoms with Gasteiger partial charge in [-0.25, -0.2) is 0 Å². The molecule has 0 radical (unpaired) electrons. The van der Waals surface area contributed by atoms with Crippen molar-refractivity contribution >= 4 is 23.5 Å². The molecular formula is C15H20N2O4. The van der Waals surface area contributed by atoms with E-state index in [1.165, 1.54) is 17.9 Å². The van der Waals surface area contributed by atoms with Gasteiger partial charge in [0.1, 0.15) is 6.54 Å². The number of nitrogens with zero attached hydrogens (tertiary/aromatic N) is 1. The van der Waals surface area contributed by atoms with Crippen molar-refractivity contribution in [2.75, 3.05) is 11.9 Å². The summed E-state index contributed by atoms with van der Waals surface area (Å²) in [6, 6.07) is 6.43. The van der Waals surface area contributed by atoms with Crippen LogP contribution in [-0.2, 0) is 9.59 Å². The van der Waals surface area contributed by atoms with Gasteiger partial charge in [0.15, 0.2) is 0 Å². The summed E-state index contributed by atoms with van der Waals surface area (Å²) in [5.41, 5.74) is 0.203. The van der Waals surface area contributed by atoms with E-state index in [1.54, 1.807) is 39.0 Å². The van der Waals surface area contributed by atoms with Crippen molar-refractivity contribution in [1.82, 2.24) is 4.90 Å². The molecule has 0 spiro atoms. The number of nitrogens with one attached hydrogen (secondary N) is 1. The summed E-state index contributed by atoms with van der Waals surface area (Å²) >= 11 is 0. The molecule has 0 saturated carbocycles. The van der Waals surface area contributed by atoms with E-state index >= 15 is 0 Å². The van der Waals surface area contributed by atoms with Gasteiger partial charge in [0.25, 0.3) is 5.91 Å². The minimum absolute atomic E-state index is 0.238. The molecule has 1 aromatic rings. The predicted molar refractivity (Wildman–Crippen MR) is 79.2 cm³/mol. The second-order valence-electron chi connectivity index (χ2n) is 5.72. The largest absolute Gasteiger partial charge is 0.480 e. The van der Waals surface area contributed by atoms with Gasteiger partial charge >= 0.3 is 5.97 Å². The van der Waals surface area contributed by atoms with E-state index in [2.05, 4.69) is 5.32 Å². The van der Waals surface area contributed by atoms with Crippen LogP contribution in [0.2, 0.25) is 0 Å². The molecule has 1 aromatic carbocycles. The van der Waals surface area contributed by atoms with Crippen LogP contribution < -0.4 is 5.32 Å². The maximum Gasteiger partial charge on any atom is 0.323 e. The lowest BCUT2D eigenvalue weighted by Crippen LogP contribution is -2.48. The van der Waals surface area contributed by atoms with Gasteiger partial charge in [-0.2, -0.15) is 0 Å². The fraction of sp³-hybridized carbons (Fsp3) is 0.400. The van der Waals surface area contributed by atoms with Gasteiger partial charge in [-0.15, -0.1) is 0 Å². The molecule has 2 amide bonds. The third-order valence-electron chi connectivity index (χ3n) is 2.78. The van der Waals surface area contributed by atoms with Crippen molar-refractivity contribution in [3.63, 3.8) is 0 Å². The van der Waals surface area contributed by atoms with Crippen LogP contribution in [0.15, 0.2) is 24.3 Å². The van der Waals surface area contributed by atoms with Gasteiger partial charge in [-0.05, 0) is 39.0 Å². The van der Waals surface area contributed by atoms with Crippen molar-refractivity contribution in [3.05, 3.63) is 29.8 Å². The van der Waals surface area contributed by atoms with E-state index in [9.17, 15) is 14.4 Å². The summed E-state index contributed by atoms with van der Waals surface area (Å²) in [6.07, 6.45) is 0. The first-order valence-corrected chi connectivity index (χ1v) is 6.52. The van der Waals surface area contributed by atoms with Crippen LogP contribution in [0.25, 0.3) is 0 Å². The topological polar surface area (TPSA) is 86.7 Å². The molecule has 2 N–H and O–H groups in total. The molecule has 0 bridgehead atoms. The first-order chi connectivity index (χ1) is 9.61. The van der Waals surface area contributed by atoms with Gasteiger partial charge in [-0.1, -0.05) is 6.07 Å². The summed E-state index contributed by atoms with van der Waals surface area (Å²) < 4.78 is 0. The fourth-order valence-corrected chi connectivity index (χ4v) is 1.84. The molecule has 0 fully saturated rings. The van der Waals surface area contributed by atoms with Crippen molar-refractivity contribution in [3.8, 4) is 0 Å². The monoisotopic (exact) mass is 292 g/mol. The average molecular weight is 292 g/mol. The van der Waals surface area contributed by atoms with Crippen molar-refractivity contribution in [2.24, 2.45) is 0 Å². The van der Waals surface area contributed by atoms with E-state index in [0.29, 0.717) is 11.3 Å². The highest BCUT2D eigenvalue weighted by atomic mass is 16.4. The second kappa shape index (κ2) is 6.39. The summed E-state index contributed by atoms with van der Waals surface area (Å²) in [5, 5.41) is 11.6. The summed E-state index contributed by atoms with van der Waals surface area (Å²) in [7, 11) is 0. The highest BCUT2D eigenvalue weighted by Gasteiger charge is 2.29. The SMILES string of the molecule is CC(=O)Nc1cccc(C(=O)N(CC(=O)O)C(C)(C)C)c1. The molecule has 21 heavy (non-hydrogen) atoms. The molecule has 0 aromatic heterocycles. The molecule has 6 heteroatoms. The highest BCUT2D eigenvalue weighted by Crippen LogP contribution is 2.19. The molecule has 0 aliphatic rings. The summed E-state index contributed by atoms with van der Waals surface area (Å²) in [5.74, 6) is -1.70. The Bertz CT molecular complexity index is 561. The van der Waals surface area contributed by atoms with Gasteiger partial charge < -0.3 is 15.3 Å². The number of benzene rings is 1. The quantitative estimate of drug-likeness (QED) is 0.888. The number of hydrogen-bond donors (Lipinski definition) is 2. The molecular weight excluding hydrogens is 272 g/mol. The Morgan fingerprint density at radius 3 is 2.33 bits per heavy atom. The first-order valence-electron chi connectivity index (χ1n) is 6.52. The normalized spacial score (nSPS) is 10.9. The third-order valence-corrected chi connectivity index (χ3v) is 2.78. The molecule has 0 aliphatic heterocycles. The Balaban J connectivity index is 3.09. The molecule has 6 nitrogen and oxygen atoms in total. The zero-order valence-electron chi connectivity index (χ0n) is 12.6. The number of aliphatic carboxylic acids is 1. The number of rotatable bonds is 4. The molecule has 1 rings (SSSR count). The highest BCUT2D eigenvalue weighted by molar-refractivity contribution is 5.98. The number of carbonyl (C=O) groups is 3. The van der Waals surface area contributed by atoms with E-state index < -0.39 is 17.4 Å². The van der Waals surface area contributed by atoms with Crippen LogP contribution in [0.3, 0.4) is 0 Å². The van der Waals surface area contributed by atoms with E-state index in [-0.39, 0.29) is 12.5 Å². The number of carboxylic acids is 1. The number of anilines is 1. The lowest BCUT2D eigenvalue weighted by molar-refractivity contribution is -0.138. The molecule has 0 aliphatic carbocycles. The predicted octanol–water partition coefficient (Wildman–Crippen LogP) is 1.97. The lowest BCUT2D eigenvalue weighted by Gasteiger charge is -2.34. The number of carbonyl (C=O) groups excluding carboxylic acids is 2. The van der Waals surface area contributed by atoms with Crippen LogP contribution in [-0.4, -0.2) is 39.9 Å². The number of amides is 2. The van der Waals surface area contributed by atoms with Crippen LogP contribution in [0.5, 0.6) is 0 Å². The second-order valence-corrected chi connectivity index (χ2v) is 5.72. The fourth-order valence-electron chi connectivity index (χ4n) is 1.84. The van der Waals surface area contributed by atoms with Gasteiger partial charge in [0.05, 0.1) is 0 Å². The Hall–Kier alpha value is -2.37. The molecule has 0 unspecified atom stereocenters. The Morgan fingerprint density at radius 2 is 1.86 bits per heavy atom. The minimum atomic E-state index is -1.07. The molecule has 114 valence electrons. The van der Waals surface area contributed by atoms with Gasteiger partial charge in [0, 0.05) is 23.7 Å². The lowest BCUT2D eigenvalue weighted by atomic mass is 10.0. The van der Waals surface area contributed by atoms with Crippen molar-refractivity contribution in [1.29, 1.82) is 0 Å². The van der Waals surface area contributed by atoms with E-state index in [4.69, 9.17) is 5.11 Å².